The van der Waals surface area contributed by atoms with E-state index in [0.717, 1.165) is 16.7 Å². The van der Waals surface area contributed by atoms with Crippen molar-refractivity contribution in [2.24, 2.45) is 0 Å². The van der Waals surface area contributed by atoms with Gasteiger partial charge in [0.25, 0.3) is 0 Å². The SMILES string of the molecule is OC[C@H]1OC(OC(c2ccccc2)(c2ccccc2)c2ccccc2)[C@H](O)[C@@H](O)[C@@H]1O. The Hall–Kier alpha value is -2.58. The van der Waals surface area contributed by atoms with Gasteiger partial charge in [-0.25, -0.2) is 0 Å². The van der Waals surface area contributed by atoms with Gasteiger partial charge in [-0.1, -0.05) is 91.0 Å². The molecule has 0 saturated carbocycles. The number of aliphatic hydroxyl groups excluding tert-OH is 4. The van der Waals surface area contributed by atoms with Gasteiger partial charge in [-0.2, -0.15) is 0 Å². The summed E-state index contributed by atoms with van der Waals surface area (Å²) in [6, 6.07) is 28.6. The zero-order valence-electron chi connectivity index (χ0n) is 16.9. The van der Waals surface area contributed by atoms with E-state index >= 15 is 0 Å². The molecule has 4 N–H and O–H groups in total. The second-order valence-electron chi connectivity index (χ2n) is 7.59. The molecule has 0 bridgehead atoms. The zero-order valence-corrected chi connectivity index (χ0v) is 16.9. The van der Waals surface area contributed by atoms with Crippen LogP contribution in [0.2, 0.25) is 0 Å². The van der Waals surface area contributed by atoms with Crippen molar-refractivity contribution in [2.45, 2.75) is 36.3 Å². The van der Waals surface area contributed by atoms with Crippen LogP contribution in [0.1, 0.15) is 16.7 Å². The third-order valence-corrected chi connectivity index (χ3v) is 5.68. The molecule has 31 heavy (non-hydrogen) atoms. The first-order chi connectivity index (χ1) is 15.1. The summed E-state index contributed by atoms with van der Waals surface area (Å²) in [5.41, 5.74) is 1.20. The summed E-state index contributed by atoms with van der Waals surface area (Å²) in [6.45, 7) is -0.528. The third kappa shape index (κ3) is 4.02. The van der Waals surface area contributed by atoms with Crippen LogP contribution in [-0.2, 0) is 15.1 Å². The summed E-state index contributed by atoms with van der Waals surface area (Å²) in [4.78, 5) is 0. The van der Waals surface area contributed by atoms with Crippen molar-refractivity contribution in [1.29, 1.82) is 0 Å². The van der Waals surface area contributed by atoms with E-state index in [-0.39, 0.29) is 0 Å². The van der Waals surface area contributed by atoms with Gasteiger partial charge in [0.2, 0.25) is 0 Å². The lowest BCUT2D eigenvalue weighted by Crippen LogP contribution is -2.60. The summed E-state index contributed by atoms with van der Waals surface area (Å²) < 4.78 is 12.3. The Bertz CT molecular complexity index is 851. The Morgan fingerprint density at radius 3 is 1.45 bits per heavy atom. The topological polar surface area (TPSA) is 99.4 Å². The van der Waals surface area contributed by atoms with Gasteiger partial charge in [-0.3, -0.25) is 0 Å². The number of hydrogen-bond acceptors (Lipinski definition) is 6. The molecule has 6 heteroatoms. The van der Waals surface area contributed by atoms with E-state index in [1.165, 1.54) is 0 Å². The van der Waals surface area contributed by atoms with Crippen molar-refractivity contribution in [3.8, 4) is 0 Å². The van der Waals surface area contributed by atoms with Gasteiger partial charge in [-0.15, -0.1) is 0 Å². The summed E-state index contributed by atoms with van der Waals surface area (Å²) in [5.74, 6) is 0. The fraction of sp³-hybridized carbons (Fsp3) is 0.280. The Morgan fingerprint density at radius 2 is 1.06 bits per heavy atom. The molecule has 3 aromatic rings. The number of aliphatic hydroxyl groups is 4. The highest BCUT2D eigenvalue weighted by Gasteiger charge is 2.49. The standard InChI is InChI=1S/C25H26O6/c26-16-20-21(27)22(28)23(29)24(30-20)31-25(17-10-4-1-5-11-17,18-12-6-2-7-13-18)19-14-8-3-9-15-19/h1-15,20-24,26-29H,16H2/t20-,21-,22+,23-,24?/m1/s1. The molecule has 0 radical (unpaired) electrons. The predicted molar refractivity (Wildman–Crippen MR) is 114 cm³/mol. The molecule has 0 aliphatic carbocycles. The average molecular weight is 422 g/mol. The van der Waals surface area contributed by atoms with Crippen LogP contribution >= 0.6 is 0 Å². The molecule has 1 fully saturated rings. The van der Waals surface area contributed by atoms with Gasteiger partial charge >= 0.3 is 0 Å². The Labute approximate surface area is 180 Å². The predicted octanol–water partition coefficient (Wildman–Crippen LogP) is 1.79. The van der Waals surface area contributed by atoms with Crippen LogP contribution in [0.15, 0.2) is 91.0 Å². The van der Waals surface area contributed by atoms with Gasteiger partial charge in [0, 0.05) is 0 Å². The van der Waals surface area contributed by atoms with Crippen LogP contribution in [0, 0.1) is 0 Å². The molecule has 1 heterocycles. The monoisotopic (exact) mass is 422 g/mol. The summed E-state index contributed by atoms with van der Waals surface area (Å²) in [7, 11) is 0. The lowest BCUT2D eigenvalue weighted by atomic mass is 9.80. The summed E-state index contributed by atoms with van der Waals surface area (Å²) in [6.07, 6.45) is -6.89. The summed E-state index contributed by atoms with van der Waals surface area (Å²) in [5, 5.41) is 40.8. The first-order valence-corrected chi connectivity index (χ1v) is 10.2. The molecule has 0 spiro atoms. The van der Waals surface area contributed by atoms with Crippen molar-refractivity contribution in [3.05, 3.63) is 108 Å². The molecule has 5 atom stereocenters. The number of rotatable bonds is 6. The van der Waals surface area contributed by atoms with Crippen molar-refractivity contribution >= 4 is 0 Å². The van der Waals surface area contributed by atoms with Crippen molar-refractivity contribution < 1.29 is 29.9 Å². The van der Waals surface area contributed by atoms with Gasteiger partial charge in [0.05, 0.1) is 6.61 Å². The van der Waals surface area contributed by atoms with Crippen molar-refractivity contribution in [3.63, 3.8) is 0 Å². The smallest absolute Gasteiger partial charge is 0.188 e. The second kappa shape index (κ2) is 9.28. The van der Waals surface area contributed by atoms with E-state index in [9.17, 15) is 20.4 Å². The molecule has 0 aromatic heterocycles. The highest BCUT2D eigenvalue weighted by Crippen LogP contribution is 2.42. The van der Waals surface area contributed by atoms with Crippen LogP contribution in [0.3, 0.4) is 0 Å². The molecule has 6 nitrogen and oxygen atoms in total. The van der Waals surface area contributed by atoms with E-state index in [0.29, 0.717) is 0 Å². The molecule has 1 saturated heterocycles. The molecule has 1 aliphatic rings. The van der Waals surface area contributed by atoms with Crippen molar-refractivity contribution in [1.82, 2.24) is 0 Å². The Morgan fingerprint density at radius 1 is 0.645 bits per heavy atom. The van der Waals surface area contributed by atoms with Crippen LogP contribution in [0.4, 0.5) is 0 Å². The summed E-state index contributed by atoms with van der Waals surface area (Å²) >= 11 is 0. The normalized spacial score (nSPS) is 26.5. The molecule has 0 amide bonds. The number of ether oxygens (including phenoxy) is 2. The maximum Gasteiger partial charge on any atom is 0.188 e. The van der Waals surface area contributed by atoms with E-state index in [1.54, 1.807) is 0 Å². The minimum Gasteiger partial charge on any atom is -0.394 e. The average Bonchev–Trinajstić information content (AvgIpc) is 2.84. The van der Waals surface area contributed by atoms with E-state index in [1.807, 2.05) is 91.0 Å². The first-order valence-electron chi connectivity index (χ1n) is 10.2. The molecular weight excluding hydrogens is 396 g/mol. The van der Waals surface area contributed by atoms with Gasteiger partial charge in [0.15, 0.2) is 6.29 Å². The zero-order chi connectivity index (χ0) is 21.8. The Balaban J connectivity index is 1.88. The van der Waals surface area contributed by atoms with Gasteiger partial charge in [-0.05, 0) is 16.7 Å². The highest BCUT2D eigenvalue weighted by atomic mass is 16.7. The Kier molecular flexibility index (Phi) is 6.48. The molecule has 162 valence electrons. The van der Waals surface area contributed by atoms with Crippen LogP contribution in [0.5, 0.6) is 0 Å². The number of benzene rings is 3. The van der Waals surface area contributed by atoms with Gasteiger partial charge < -0.3 is 29.9 Å². The quantitative estimate of drug-likeness (QED) is 0.452. The van der Waals surface area contributed by atoms with Crippen LogP contribution < -0.4 is 0 Å². The highest BCUT2D eigenvalue weighted by molar-refractivity contribution is 5.47. The largest absolute Gasteiger partial charge is 0.394 e. The molecule has 4 rings (SSSR count). The third-order valence-electron chi connectivity index (χ3n) is 5.68. The van der Waals surface area contributed by atoms with E-state index < -0.39 is 42.9 Å². The lowest BCUT2D eigenvalue weighted by molar-refractivity contribution is -0.319. The van der Waals surface area contributed by atoms with Gasteiger partial charge in [0.1, 0.15) is 30.0 Å². The van der Waals surface area contributed by atoms with E-state index in [2.05, 4.69) is 0 Å². The number of hydrogen-bond donors (Lipinski definition) is 4. The second-order valence-corrected chi connectivity index (χ2v) is 7.59. The minimum atomic E-state index is -1.53. The van der Waals surface area contributed by atoms with Crippen LogP contribution in [0.25, 0.3) is 0 Å². The maximum atomic E-state index is 10.7. The van der Waals surface area contributed by atoms with Crippen molar-refractivity contribution in [2.75, 3.05) is 6.61 Å². The van der Waals surface area contributed by atoms with Crippen LogP contribution in [-0.4, -0.2) is 57.7 Å². The molecule has 3 aromatic carbocycles. The molecule has 1 aliphatic heterocycles. The fourth-order valence-corrected chi connectivity index (χ4v) is 4.06. The molecule has 1 unspecified atom stereocenters. The molecular formula is C25H26O6. The minimum absolute atomic E-state index is 0.528. The van der Waals surface area contributed by atoms with E-state index in [4.69, 9.17) is 9.47 Å². The lowest BCUT2D eigenvalue weighted by Gasteiger charge is -2.45. The maximum absolute atomic E-state index is 10.7. The first kappa shape index (κ1) is 21.6. The fourth-order valence-electron chi connectivity index (χ4n) is 4.06.